The van der Waals surface area contributed by atoms with E-state index in [1.54, 1.807) is 9.47 Å². The van der Waals surface area contributed by atoms with Gasteiger partial charge in [-0.05, 0) is 44.0 Å². The van der Waals surface area contributed by atoms with E-state index in [1.165, 1.54) is 11.8 Å². The first-order valence-corrected chi connectivity index (χ1v) is 11.9. The van der Waals surface area contributed by atoms with Crippen molar-refractivity contribution < 1.29 is 4.79 Å². The summed E-state index contributed by atoms with van der Waals surface area (Å²) in [5.74, 6) is 0.751. The van der Waals surface area contributed by atoms with E-state index in [0.29, 0.717) is 29.4 Å². The average molecular weight is 450 g/mol. The van der Waals surface area contributed by atoms with Crippen LogP contribution < -0.4 is 10.5 Å². The topological polar surface area (TPSA) is 72.5 Å². The fraction of sp³-hybridized carbons (Fsp3) is 0.333. The maximum atomic E-state index is 13.1. The Hall–Kier alpha value is -3.13. The van der Waals surface area contributed by atoms with Crippen LogP contribution in [0.2, 0.25) is 0 Å². The van der Waals surface area contributed by atoms with Gasteiger partial charge in [-0.3, -0.25) is 18.6 Å². The molecule has 0 fully saturated rings. The molecule has 2 aromatic heterocycles. The highest BCUT2D eigenvalue weighted by Crippen LogP contribution is 2.24. The second-order valence-corrected chi connectivity index (χ2v) is 8.60. The number of aromatic nitrogens is 4. The number of benzene rings is 2. The Morgan fingerprint density at radius 1 is 1.06 bits per heavy atom. The summed E-state index contributed by atoms with van der Waals surface area (Å²) in [6.45, 7) is 7.24. The lowest BCUT2D eigenvalue weighted by molar-refractivity contribution is -0.116. The van der Waals surface area contributed by atoms with E-state index in [9.17, 15) is 9.59 Å². The van der Waals surface area contributed by atoms with Crippen LogP contribution in [-0.2, 0) is 11.3 Å². The monoisotopic (exact) mass is 449 g/mol. The smallest absolute Gasteiger partial charge is 0.262 e. The molecule has 0 aliphatic carbocycles. The van der Waals surface area contributed by atoms with E-state index >= 15 is 0 Å². The third-order valence-corrected chi connectivity index (χ3v) is 6.48. The van der Waals surface area contributed by atoms with Crippen LogP contribution in [0, 0.1) is 6.92 Å². The number of fused-ring (bicyclic) bond motifs is 3. The first-order chi connectivity index (χ1) is 15.6. The van der Waals surface area contributed by atoms with Gasteiger partial charge in [0.25, 0.3) is 5.56 Å². The number of unbranched alkanes of at least 4 members (excludes halogenated alkanes) is 1. The predicted molar refractivity (Wildman–Crippen MR) is 130 cm³/mol. The fourth-order valence-corrected chi connectivity index (χ4v) is 4.71. The Bertz CT molecular complexity index is 1330. The first-order valence-electron chi connectivity index (χ1n) is 10.9. The van der Waals surface area contributed by atoms with E-state index in [0.717, 1.165) is 29.6 Å². The Morgan fingerprint density at radius 2 is 1.81 bits per heavy atom. The van der Waals surface area contributed by atoms with Gasteiger partial charge in [-0.15, -0.1) is 10.2 Å². The van der Waals surface area contributed by atoms with Crippen molar-refractivity contribution in [3.8, 4) is 0 Å². The third kappa shape index (κ3) is 4.02. The molecule has 4 aromatic rings. The lowest BCUT2D eigenvalue weighted by Gasteiger charge is -2.22. The highest BCUT2D eigenvalue weighted by molar-refractivity contribution is 7.99. The van der Waals surface area contributed by atoms with Gasteiger partial charge in [0.2, 0.25) is 11.7 Å². The summed E-state index contributed by atoms with van der Waals surface area (Å²) in [5, 5.41) is 9.91. The van der Waals surface area contributed by atoms with Crippen LogP contribution in [0.5, 0.6) is 0 Å². The van der Waals surface area contributed by atoms with Crippen molar-refractivity contribution in [3.63, 3.8) is 0 Å². The molecule has 0 bridgehead atoms. The number of nitrogens with zero attached hydrogens (tertiary/aromatic N) is 5. The normalized spacial score (nSPS) is 11.3. The molecule has 0 aliphatic rings. The molecule has 0 atom stereocenters. The highest BCUT2D eigenvalue weighted by atomic mass is 32.2. The lowest BCUT2D eigenvalue weighted by Crippen LogP contribution is -2.32. The molecule has 2 aromatic carbocycles. The minimum absolute atomic E-state index is 0.00663. The number of para-hydroxylation sites is 2. The van der Waals surface area contributed by atoms with Crippen molar-refractivity contribution in [2.75, 3.05) is 17.2 Å². The zero-order chi connectivity index (χ0) is 22.7. The standard InChI is InChI=1S/C24H27N5O2S/c1-4-6-15-28-22(31)18-12-8-10-14-20(18)29-23(28)25-26-24(29)32-16-21(30)27(5-2)19-13-9-7-11-17(19)3/h7-14H,4-6,15-16H2,1-3H3. The molecule has 8 heteroatoms. The first kappa shape index (κ1) is 22.1. The number of aryl methyl sites for hydroxylation is 2. The van der Waals surface area contributed by atoms with Crippen molar-refractivity contribution in [2.24, 2.45) is 0 Å². The van der Waals surface area contributed by atoms with Crippen molar-refractivity contribution in [1.29, 1.82) is 0 Å². The number of amides is 1. The Labute approximate surface area is 191 Å². The predicted octanol–water partition coefficient (Wildman–Crippen LogP) is 4.30. The molecule has 2 heterocycles. The second-order valence-electron chi connectivity index (χ2n) is 7.66. The highest BCUT2D eigenvalue weighted by Gasteiger charge is 2.20. The number of hydrogen-bond donors (Lipinski definition) is 0. The molecule has 0 N–H and O–H groups in total. The number of anilines is 1. The Balaban J connectivity index is 1.70. The largest absolute Gasteiger partial charge is 0.312 e. The fourth-order valence-electron chi connectivity index (χ4n) is 3.90. The van der Waals surface area contributed by atoms with Gasteiger partial charge in [0.15, 0.2) is 5.16 Å². The van der Waals surface area contributed by atoms with Gasteiger partial charge >= 0.3 is 0 Å². The molecule has 0 aliphatic heterocycles. The zero-order valence-electron chi connectivity index (χ0n) is 18.6. The number of thioether (sulfide) groups is 1. The number of hydrogen-bond acceptors (Lipinski definition) is 5. The van der Waals surface area contributed by atoms with E-state index < -0.39 is 0 Å². The van der Waals surface area contributed by atoms with Crippen LogP contribution in [0.1, 0.15) is 32.3 Å². The summed E-state index contributed by atoms with van der Waals surface area (Å²) in [4.78, 5) is 27.9. The van der Waals surface area contributed by atoms with Gasteiger partial charge in [0.1, 0.15) is 0 Å². The van der Waals surface area contributed by atoms with E-state index in [4.69, 9.17) is 0 Å². The van der Waals surface area contributed by atoms with Crippen molar-refractivity contribution >= 4 is 40.0 Å². The average Bonchev–Trinajstić information content (AvgIpc) is 3.23. The van der Waals surface area contributed by atoms with Gasteiger partial charge in [0, 0.05) is 18.8 Å². The van der Waals surface area contributed by atoms with E-state index in [1.807, 2.05) is 66.8 Å². The van der Waals surface area contributed by atoms with Gasteiger partial charge in [0.05, 0.1) is 16.7 Å². The summed E-state index contributed by atoms with van der Waals surface area (Å²) in [5.41, 5.74) is 2.68. The van der Waals surface area contributed by atoms with Crippen molar-refractivity contribution in [2.45, 2.75) is 45.3 Å². The maximum absolute atomic E-state index is 13.1. The molecule has 0 radical (unpaired) electrons. The maximum Gasteiger partial charge on any atom is 0.262 e. The van der Waals surface area contributed by atoms with Crippen LogP contribution in [0.15, 0.2) is 58.5 Å². The summed E-state index contributed by atoms with van der Waals surface area (Å²) in [6.07, 6.45) is 1.85. The van der Waals surface area contributed by atoms with E-state index in [2.05, 4.69) is 17.1 Å². The number of carbonyl (C=O) groups is 1. The van der Waals surface area contributed by atoms with Crippen LogP contribution in [0.4, 0.5) is 5.69 Å². The molecule has 4 rings (SSSR count). The third-order valence-electron chi connectivity index (χ3n) is 5.56. The molecular formula is C24H27N5O2S. The summed E-state index contributed by atoms with van der Waals surface area (Å²) in [7, 11) is 0. The molecule has 32 heavy (non-hydrogen) atoms. The molecule has 7 nitrogen and oxygen atoms in total. The SMILES string of the molecule is CCCCn1c(=O)c2ccccc2n2c(SCC(=O)N(CC)c3ccccc3C)nnc12. The minimum Gasteiger partial charge on any atom is -0.312 e. The summed E-state index contributed by atoms with van der Waals surface area (Å²) < 4.78 is 3.59. The molecule has 0 spiro atoms. The molecule has 0 saturated heterocycles. The van der Waals surface area contributed by atoms with Crippen LogP contribution in [0.3, 0.4) is 0 Å². The van der Waals surface area contributed by atoms with Crippen LogP contribution in [-0.4, -0.2) is 37.4 Å². The molecule has 0 unspecified atom stereocenters. The Kier molecular flexibility index (Phi) is 6.60. The molecule has 166 valence electrons. The summed E-state index contributed by atoms with van der Waals surface area (Å²) >= 11 is 1.34. The second kappa shape index (κ2) is 9.56. The summed E-state index contributed by atoms with van der Waals surface area (Å²) in [6, 6.07) is 15.4. The van der Waals surface area contributed by atoms with Crippen LogP contribution >= 0.6 is 11.8 Å². The number of carbonyl (C=O) groups excluding carboxylic acids is 1. The van der Waals surface area contributed by atoms with Gasteiger partial charge < -0.3 is 4.90 Å². The van der Waals surface area contributed by atoms with Crippen LogP contribution in [0.25, 0.3) is 16.7 Å². The van der Waals surface area contributed by atoms with E-state index in [-0.39, 0.29) is 17.2 Å². The van der Waals surface area contributed by atoms with Gasteiger partial charge in [-0.1, -0.05) is 55.4 Å². The lowest BCUT2D eigenvalue weighted by atomic mass is 10.2. The van der Waals surface area contributed by atoms with Crippen molar-refractivity contribution in [1.82, 2.24) is 19.2 Å². The molecule has 1 amide bonds. The van der Waals surface area contributed by atoms with Gasteiger partial charge in [-0.2, -0.15) is 0 Å². The number of rotatable bonds is 8. The quantitative estimate of drug-likeness (QED) is 0.375. The molecule has 0 saturated carbocycles. The molecular weight excluding hydrogens is 422 g/mol. The zero-order valence-corrected chi connectivity index (χ0v) is 19.4. The van der Waals surface area contributed by atoms with Crippen molar-refractivity contribution in [3.05, 3.63) is 64.4 Å². The Morgan fingerprint density at radius 3 is 2.56 bits per heavy atom. The van der Waals surface area contributed by atoms with Gasteiger partial charge in [-0.25, -0.2) is 0 Å². The minimum atomic E-state index is -0.0571.